The largest absolute Gasteiger partial charge is 0.352 e. The lowest BCUT2D eigenvalue weighted by Gasteiger charge is -2.23. The van der Waals surface area contributed by atoms with Gasteiger partial charge in [0.05, 0.1) is 0 Å². The molecule has 2 heterocycles. The molecule has 0 radical (unpaired) electrons. The Hall–Kier alpha value is -0.910. The molecule has 0 bridgehead atoms. The minimum atomic E-state index is -0.0170. The van der Waals surface area contributed by atoms with Gasteiger partial charge in [-0.1, -0.05) is 0 Å². The van der Waals surface area contributed by atoms with E-state index in [1.54, 1.807) is 11.3 Å². The van der Waals surface area contributed by atoms with Gasteiger partial charge < -0.3 is 10.6 Å². The molecule has 6 heteroatoms. The molecule has 1 aliphatic heterocycles. The minimum absolute atomic E-state index is 0. The van der Waals surface area contributed by atoms with Crippen LogP contribution in [0.3, 0.4) is 0 Å². The fraction of sp³-hybridized carbons (Fsp3) is 0.600. The normalized spacial score (nSPS) is 17.9. The van der Waals surface area contributed by atoms with E-state index in [2.05, 4.69) is 10.6 Å². The van der Waals surface area contributed by atoms with E-state index in [4.69, 9.17) is 0 Å². The number of carbonyl (C=O) groups is 2. The molecule has 21 heavy (non-hydrogen) atoms. The number of thiophene rings is 1. The van der Waals surface area contributed by atoms with Crippen LogP contribution in [-0.4, -0.2) is 30.8 Å². The number of piperidine rings is 1. The predicted octanol–water partition coefficient (Wildman–Crippen LogP) is 2.62. The van der Waals surface area contributed by atoms with Crippen molar-refractivity contribution in [2.75, 3.05) is 13.1 Å². The summed E-state index contributed by atoms with van der Waals surface area (Å²) >= 11 is 1.63. The van der Waals surface area contributed by atoms with Crippen molar-refractivity contribution in [3.05, 3.63) is 21.4 Å². The van der Waals surface area contributed by atoms with E-state index in [0.29, 0.717) is 6.42 Å². The number of aryl methyl sites for hydroxylation is 2. The maximum Gasteiger partial charge on any atom is 0.220 e. The number of rotatable bonds is 5. The molecule has 0 spiro atoms. The van der Waals surface area contributed by atoms with Crippen LogP contribution in [0.5, 0.6) is 0 Å². The number of halogens is 1. The van der Waals surface area contributed by atoms with Crippen molar-refractivity contribution in [3.63, 3.8) is 0 Å². The fourth-order valence-corrected chi connectivity index (χ4v) is 3.49. The highest BCUT2D eigenvalue weighted by Gasteiger charge is 2.17. The van der Waals surface area contributed by atoms with Gasteiger partial charge in [0.2, 0.25) is 5.91 Å². The summed E-state index contributed by atoms with van der Waals surface area (Å²) in [6.45, 7) is 5.82. The van der Waals surface area contributed by atoms with Crippen LogP contribution in [0, 0.1) is 13.8 Å². The van der Waals surface area contributed by atoms with Crippen LogP contribution in [0.2, 0.25) is 0 Å². The summed E-state index contributed by atoms with van der Waals surface area (Å²) in [6, 6.07) is 2.14. The van der Waals surface area contributed by atoms with Crippen molar-refractivity contribution >= 4 is 35.4 Å². The summed E-state index contributed by atoms with van der Waals surface area (Å²) in [4.78, 5) is 26.1. The van der Waals surface area contributed by atoms with E-state index >= 15 is 0 Å². The van der Waals surface area contributed by atoms with Gasteiger partial charge in [-0.05, 0) is 39.3 Å². The topological polar surface area (TPSA) is 58.2 Å². The first-order valence-corrected chi connectivity index (χ1v) is 7.98. The Balaban J connectivity index is 0.00000220. The monoisotopic (exact) mass is 330 g/mol. The average molecular weight is 331 g/mol. The molecule has 1 amide bonds. The van der Waals surface area contributed by atoms with Crippen molar-refractivity contribution in [2.45, 2.75) is 45.6 Å². The lowest BCUT2D eigenvalue weighted by molar-refractivity contribution is -0.121. The van der Waals surface area contributed by atoms with Crippen LogP contribution in [-0.2, 0) is 4.79 Å². The number of amides is 1. The quantitative estimate of drug-likeness (QED) is 0.816. The van der Waals surface area contributed by atoms with Gasteiger partial charge in [-0.3, -0.25) is 9.59 Å². The lowest BCUT2D eigenvalue weighted by Crippen LogP contribution is -2.45. The van der Waals surface area contributed by atoms with Gasteiger partial charge in [-0.2, -0.15) is 0 Å². The van der Waals surface area contributed by atoms with Gasteiger partial charge >= 0.3 is 0 Å². The Bertz CT molecular complexity index is 496. The first kappa shape index (κ1) is 18.1. The van der Waals surface area contributed by atoms with E-state index in [0.717, 1.165) is 41.2 Å². The maximum absolute atomic E-state index is 12.1. The second-order valence-electron chi connectivity index (χ2n) is 5.36. The van der Waals surface area contributed by atoms with Crippen LogP contribution < -0.4 is 10.6 Å². The highest BCUT2D eigenvalue weighted by Crippen LogP contribution is 2.22. The van der Waals surface area contributed by atoms with Gasteiger partial charge in [-0.25, -0.2) is 0 Å². The molecule has 1 saturated heterocycles. The summed E-state index contributed by atoms with van der Waals surface area (Å²) in [5.74, 6) is 0.0559. The Morgan fingerprint density at radius 3 is 2.71 bits per heavy atom. The summed E-state index contributed by atoms with van der Waals surface area (Å²) < 4.78 is 0. The molecule has 0 saturated carbocycles. The van der Waals surface area contributed by atoms with Gasteiger partial charge in [0.25, 0.3) is 0 Å². The minimum Gasteiger partial charge on any atom is -0.352 e. The first-order chi connectivity index (χ1) is 9.56. The maximum atomic E-state index is 12.1. The fourth-order valence-electron chi connectivity index (χ4n) is 2.54. The third-order valence-corrected chi connectivity index (χ3v) is 4.55. The highest BCUT2D eigenvalue weighted by molar-refractivity contribution is 7.12. The molecule has 1 aromatic heterocycles. The Morgan fingerprint density at radius 2 is 2.14 bits per heavy atom. The number of ketones is 1. The summed E-state index contributed by atoms with van der Waals surface area (Å²) in [5, 5.41) is 6.26. The Morgan fingerprint density at radius 1 is 1.38 bits per heavy atom. The zero-order chi connectivity index (χ0) is 14.5. The SMILES string of the molecule is Cc1cc(C(=O)CCC(=O)NC2CCCNC2)c(C)s1.Cl. The number of nitrogens with one attached hydrogen (secondary N) is 2. The first-order valence-electron chi connectivity index (χ1n) is 7.16. The summed E-state index contributed by atoms with van der Waals surface area (Å²) in [7, 11) is 0. The third-order valence-electron chi connectivity index (χ3n) is 3.58. The number of carbonyl (C=O) groups excluding carboxylic acids is 2. The van der Waals surface area contributed by atoms with E-state index in [9.17, 15) is 9.59 Å². The summed E-state index contributed by atoms with van der Waals surface area (Å²) in [6.07, 6.45) is 2.69. The average Bonchev–Trinajstić information content (AvgIpc) is 2.76. The lowest BCUT2D eigenvalue weighted by atomic mass is 10.1. The van der Waals surface area contributed by atoms with Gasteiger partial charge in [0.1, 0.15) is 0 Å². The van der Waals surface area contributed by atoms with E-state index in [1.807, 2.05) is 19.9 Å². The van der Waals surface area contributed by atoms with Crippen molar-refractivity contribution in [1.29, 1.82) is 0 Å². The van der Waals surface area contributed by atoms with E-state index in [1.165, 1.54) is 0 Å². The van der Waals surface area contributed by atoms with Crippen LogP contribution in [0.15, 0.2) is 6.07 Å². The second kappa shape index (κ2) is 8.51. The van der Waals surface area contributed by atoms with Gasteiger partial charge in [-0.15, -0.1) is 23.7 Å². The molecule has 0 aromatic carbocycles. The molecule has 1 fully saturated rings. The third kappa shape index (κ3) is 5.41. The molecule has 1 atom stereocenters. The van der Waals surface area contributed by atoms with Crippen LogP contribution >= 0.6 is 23.7 Å². The number of Topliss-reactive ketones (excluding diaryl/α,β-unsaturated/α-hetero) is 1. The second-order valence-corrected chi connectivity index (χ2v) is 6.82. The number of hydrogen-bond donors (Lipinski definition) is 2. The standard InChI is InChI=1S/C15H22N2O2S.ClH/c1-10-8-13(11(2)20-10)14(18)5-6-15(19)17-12-4-3-7-16-9-12;/h8,12,16H,3-7,9H2,1-2H3,(H,17,19);1H. The Kier molecular flexibility index (Phi) is 7.35. The van der Waals surface area contributed by atoms with E-state index in [-0.39, 0.29) is 36.6 Å². The van der Waals surface area contributed by atoms with Crippen LogP contribution in [0.25, 0.3) is 0 Å². The zero-order valence-electron chi connectivity index (χ0n) is 12.5. The van der Waals surface area contributed by atoms with Crippen molar-refractivity contribution in [1.82, 2.24) is 10.6 Å². The van der Waals surface area contributed by atoms with Crippen LogP contribution in [0.1, 0.15) is 45.8 Å². The van der Waals surface area contributed by atoms with Crippen molar-refractivity contribution in [3.8, 4) is 0 Å². The van der Waals surface area contributed by atoms with Crippen molar-refractivity contribution < 1.29 is 9.59 Å². The van der Waals surface area contributed by atoms with Gasteiger partial charge in [0.15, 0.2) is 5.78 Å². The molecule has 1 aliphatic rings. The molecular formula is C15H23ClN2O2S. The zero-order valence-corrected chi connectivity index (χ0v) is 14.2. The van der Waals surface area contributed by atoms with Gasteiger partial charge in [0, 0.05) is 40.7 Å². The molecule has 1 aromatic rings. The smallest absolute Gasteiger partial charge is 0.220 e. The highest BCUT2D eigenvalue weighted by atomic mass is 35.5. The number of hydrogen-bond acceptors (Lipinski definition) is 4. The molecule has 1 unspecified atom stereocenters. The summed E-state index contributed by atoms with van der Waals surface area (Å²) in [5.41, 5.74) is 0.777. The predicted molar refractivity (Wildman–Crippen MR) is 88.6 cm³/mol. The Labute approximate surface area is 136 Å². The van der Waals surface area contributed by atoms with E-state index < -0.39 is 0 Å². The molecule has 2 N–H and O–H groups in total. The molecule has 4 nitrogen and oxygen atoms in total. The van der Waals surface area contributed by atoms with Crippen LogP contribution in [0.4, 0.5) is 0 Å². The molecule has 118 valence electrons. The molecule has 2 rings (SSSR count). The molecule has 0 aliphatic carbocycles. The molecular weight excluding hydrogens is 308 g/mol. The van der Waals surface area contributed by atoms with Crippen molar-refractivity contribution in [2.24, 2.45) is 0 Å².